The highest BCUT2D eigenvalue weighted by atomic mass is 28.3. The summed E-state index contributed by atoms with van der Waals surface area (Å²) >= 11 is 0. The monoisotopic (exact) mass is 232 g/mol. The Hall–Kier alpha value is 0.137. The van der Waals surface area contributed by atoms with Gasteiger partial charge in [0.15, 0.2) is 0 Å². The Kier molecular flexibility index (Phi) is 6.72. The molecule has 1 N–H and O–H groups in total. The fourth-order valence-corrected chi connectivity index (χ4v) is 9.41. The molecule has 0 bridgehead atoms. The maximum Gasteiger partial charge on any atom is 0.143 e. The van der Waals surface area contributed by atoms with Gasteiger partial charge in [0, 0.05) is 6.61 Å². The SMILES string of the molecule is CC(C)[Si](CCOCO)(C(C)C)C(C)C. The lowest BCUT2D eigenvalue weighted by Crippen LogP contribution is -2.45. The van der Waals surface area contributed by atoms with Gasteiger partial charge in [-0.3, -0.25) is 0 Å². The van der Waals surface area contributed by atoms with Crippen LogP contribution in [-0.4, -0.2) is 26.6 Å². The standard InChI is InChI=1S/C12H28O2Si/c1-10(2)15(11(3)4,12(5)6)8-7-14-9-13/h10-13H,7-9H2,1-6H3. The lowest BCUT2D eigenvalue weighted by Gasteiger charge is -2.43. The molecule has 15 heavy (non-hydrogen) atoms. The predicted molar refractivity (Wildman–Crippen MR) is 68.9 cm³/mol. The second kappa shape index (κ2) is 6.66. The maximum absolute atomic E-state index is 8.67. The van der Waals surface area contributed by atoms with Gasteiger partial charge >= 0.3 is 0 Å². The van der Waals surface area contributed by atoms with E-state index in [1.807, 2.05) is 0 Å². The molecule has 0 unspecified atom stereocenters. The van der Waals surface area contributed by atoms with Crippen LogP contribution in [0.15, 0.2) is 0 Å². The second-order valence-electron chi connectivity index (χ2n) is 5.36. The summed E-state index contributed by atoms with van der Waals surface area (Å²) in [5, 5.41) is 8.67. The predicted octanol–water partition coefficient (Wildman–Crippen LogP) is 3.63. The number of aliphatic hydroxyl groups is 1. The minimum atomic E-state index is -1.30. The van der Waals surface area contributed by atoms with Crippen LogP contribution in [0.4, 0.5) is 0 Å². The van der Waals surface area contributed by atoms with E-state index in [1.54, 1.807) is 0 Å². The fraction of sp³-hybridized carbons (Fsp3) is 1.00. The zero-order chi connectivity index (χ0) is 12.1. The van der Waals surface area contributed by atoms with Crippen LogP contribution in [0, 0.1) is 0 Å². The lowest BCUT2D eigenvalue weighted by molar-refractivity contribution is 0.00473. The van der Waals surface area contributed by atoms with Crippen LogP contribution in [0.3, 0.4) is 0 Å². The lowest BCUT2D eigenvalue weighted by atomic mass is 10.5. The minimum Gasteiger partial charge on any atom is -0.371 e. The molecule has 0 aliphatic heterocycles. The van der Waals surface area contributed by atoms with Crippen molar-refractivity contribution in [3.05, 3.63) is 0 Å². The summed E-state index contributed by atoms with van der Waals surface area (Å²) in [6, 6.07) is 1.17. The highest BCUT2D eigenvalue weighted by Gasteiger charge is 2.41. The maximum atomic E-state index is 8.67. The van der Waals surface area contributed by atoms with Gasteiger partial charge < -0.3 is 9.84 Å². The third kappa shape index (κ3) is 3.57. The van der Waals surface area contributed by atoms with Crippen LogP contribution in [-0.2, 0) is 4.74 Å². The number of hydrogen-bond donors (Lipinski definition) is 1. The fourth-order valence-electron chi connectivity index (χ4n) is 3.18. The quantitative estimate of drug-likeness (QED) is 0.412. The molecule has 2 nitrogen and oxygen atoms in total. The number of aliphatic hydroxyl groups excluding tert-OH is 1. The molecule has 0 rings (SSSR count). The molecular formula is C12H28O2Si. The van der Waals surface area contributed by atoms with Gasteiger partial charge in [-0.25, -0.2) is 0 Å². The van der Waals surface area contributed by atoms with Gasteiger partial charge in [-0.15, -0.1) is 0 Å². The van der Waals surface area contributed by atoms with Crippen molar-refractivity contribution in [2.45, 2.75) is 64.2 Å². The Morgan fingerprint density at radius 3 is 1.60 bits per heavy atom. The van der Waals surface area contributed by atoms with Crippen molar-refractivity contribution in [2.75, 3.05) is 13.4 Å². The number of ether oxygens (including phenoxy) is 1. The van der Waals surface area contributed by atoms with E-state index < -0.39 is 8.07 Å². The van der Waals surface area contributed by atoms with Crippen molar-refractivity contribution in [2.24, 2.45) is 0 Å². The first-order chi connectivity index (χ1) is 6.89. The van der Waals surface area contributed by atoms with Crippen LogP contribution in [0.5, 0.6) is 0 Å². The normalized spacial score (nSPS) is 13.2. The van der Waals surface area contributed by atoms with Crippen molar-refractivity contribution in [1.82, 2.24) is 0 Å². The van der Waals surface area contributed by atoms with E-state index in [-0.39, 0.29) is 6.79 Å². The second-order valence-corrected chi connectivity index (χ2v) is 11.6. The summed E-state index contributed by atoms with van der Waals surface area (Å²) in [6.45, 7) is 14.7. The third-order valence-corrected chi connectivity index (χ3v) is 11.5. The van der Waals surface area contributed by atoms with E-state index in [1.165, 1.54) is 6.04 Å². The van der Waals surface area contributed by atoms with Gasteiger partial charge in [-0.05, 0) is 6.04 Å². The summed E-state index contributed by atoms with van der Waals surface area (Å²) in [4.78, 5) is 0. The van der Waals surface area contributed by atoms with Crippen LogP contribution in [0.1, 0.15) is 41.5 Å². The van der Waals surface area contributed by atoms with E-state index in [2.05, 4.69) is 41.5 Å². The van der Waals surface area contributed by atoms with Crippen molar-refractivity contribution in [3.8, 4) is 0 Å². The third-order valence-electron chi connectivity index (χ3n) is 4.00. The molecule has 0 amide bonds. The van der Waals surface area contributed by atoms with Crippen LogP contribution >= 0.6 is 0 Å². The Bertz CT molecular complexity index is 145. The van der Waals surface area contributed by atoms with Gasteiger partial charge in [-0.2, -0.15) is 0 Å². The molecule has 0 saturated carbocycles. The summed E-state index contributed by atoms with van der Waals surface area (Å²) < 4.78 is 5.13. The molecule has 0 saturated heterocycles. The van der Waals surface area contributed by atoms with Gasteiger partial charge in [0.25, 0.3) is 0 Å². The molecule has 0 radical (unpaired) electrons. The van der Waals surface area contributed by atoms with Crippen molar-refractivity contribution in [1.29, 1.82) is 0 Å². The molecule has 0 fully saturated rings. The Balaban J connectivity index is 4.65. The molecule has 0 atom stereocenters. The van der Waals surface area contributed by atoms with Crippen LogP contribution in [0.2, 0.25) is 22.7 Å². The van der Waals surface area contributed by atoms with E-state index >= 15 is 0 Å². The average molecular weight is 232 g/mol. The van der Waals surface area contributed by atoms with Crippen molar-refractivity contribution < 1.29 is 9.84 Å². The summed E-state index contributed by atoms with van der Waals surface area (Å²) in [5.41, 5.74) is 2.33. The molecule has 0 aliphatic carbocycles. The van der Waals surface area contributed by atoms with Gasteiger partial charge in [0.2, 0.25) is 0 Å². The molecule has 3 heteroatoms. The van der Waals surface area contributed by atoms with E-state index in [9.17, 15) is 0 Å². The molecule has 92 valence electrons. The summed E-state index contributed by atoms with van der Waals surface area (Å²) in [7, 11) is -1.30. The molecule has 0 heterocycles. The first-order valence-electron chi connectivity index (χ1n) is 6.08. The van der Waals surface area contributed by atoms with Crippen molar-refractivity contribution >= 4 is 8.07 Å². The van der Waals surface area contributed by atoms with Crippen LogP contribution < -0.4 is 0 Å². The van der Waals surface area contributed by atoms with Gasteiger partial charge in [0.05, 0.1) is 8.07 Å². The molecule has 0 aliphatic rings. The summed E-state index contributed by atoms with van der Waals surface area (Å²) in [6.07, 6.45) is 0. The average Bonchev–Trinajstić information content (AvgIpc) is 2.10. The zero-order valence-corrected chi connectivity index (χ0v) is 12.2. The molecule has 0 aromatic rings. The first-order valence-corrected chi connectivity index (χ1v) is 8.52. The highest BCUT2D eigenvalue weighted by molar-refractivity contribution is 6.83. The van der Waals surface area contributed by atoms with E-state index in [0.717, 1.165) is 23.2 Å². The highest BCUT2D eigenvalue weighted by Crippen LogP contribution is 2.44. The zero-order valence-electron chi connectivity index (χ0n) is 11.2. The minimum absolute atomic E-state index is 0.140. The molecule has 0 spiro atoms. The largest absolute Gasteiger partial charge is 0.371 e. The summed E-state index contributed by atoms with van der Waals surface area (Å²) in [5.74, 6) is 0. The van der Waals surface area contributed by atoms with Gasteiger partial charge in [-0.1, -0.05) is 58.2 Å². The molecule has 0 aromatic heterocycles. The Labute approximate surface area is 96.0 Å². The van der Waals surface area contributed by atoms with E-state index in [0.29, 0.717) is 0 Å². The smallest absolute Gasteiger partial charge is 0.143 e. The Morgan fingerprint density at radius 2 is 1.33 bits per heavy atom. The van der Waals surface area contributed by atoms with Crippen molar-refractivity contribution in [3.63, 3.8) is 0 Å². The van der Waals surface area contributed by atoms with Gasteiger partial charge in [0.1, 0.15) is 6.79 Å². The van der Waals surface area contributed by atoms with E-state index in [4.69, 9.17) is 9.84 Å². The number of hydrogen-bond acceptors (Lipinski definition) is 2. The topological polar surface area (TPSA) is 29.5 Å². The molecule has 0 aromatic carbocycles. The number of rotatable bonds is 7. The van der Waals surface area contributed by atoms with Crippen LogP contribution in [0.25, 0.3) is 0 Å². The Morgan fingerprint density at radius 1 is 0.933 bits per heavy atom. The first kappa shape index (κ1) is 15.1. The molecular weight excluding hydrogens is 204 g/mol.